The molecule has 2 rings (SSSR count). The van der Waals surface area contributed by atoms with Crippen LogP contribution in [0.25, 0.3) is 11.2 Å². The Labute approximate surface area is 94.0 Å². The van der Waals surface area contributed by atoms with Crippen molar-refractivity contribution < 1.29 is 9.53 Å². The van der Waals surface area contributed by atoms with Crippen molar-refractivity contribution in [3.63, 3.8) is 0 Å². The fraction of sp³-hybridized carbons (Fsp3) is 0.222. The molecule has 0 aliphatic rings. The first kappa shape index (κ1) is 10.1. The zero-order chi connectivity index (χ0) is 11.0. The Balaban J connectivity index is 2.78. The number of carbonyl (C=O) groups excluding carboxylic acids is 1. The molecule has 2 aromatic heterocycles. The molecule has 0 amide bonds. The highest BCUT2D eigenvalue weighted by molar-refractivity contribution is 9.10. The van der Waals surface area contributed by atoms with Crippen LogP contribution >= 0.6 is 15.9 Å². The van der Waals surface area contributed by atoms with Crippen LogP contribution in [0.2, 0.25) is 0 Å². The van der Waals surface area contributed by atoms with Gasteiger partial charge in [0, 0.05) is 6.20 Å². The standard InChI is InChI=1S/C9H8BrN3O2/c1-4-12-7-6(9(14)15-2)5(10)3-11-8(7)13-4/h3H,1-2H3,(H,11,12,13). The van der Waals surface area contributed by atoms with E-state index in [1.54, 1.807) is 6.92 Å². The van der Waals surface area contributed by atoms with Gasteiger partial charge in [-0.15, -0.1) is 0 Å². The largest absolute Gasteiger partial charge is 0.465 e. The summed E-state index contributed by atoms with van der Waals surface area (Å²) in [7, 11) is 1.34. The monoisotopic (exact) mass is 269 g/mol. The van der Waals surface area contributed by atoms with Crippen LogP contribution in [-0.4, -0.2) is 28.0 Å². The molecule has 0 fully saturated rings. The molecule has 0 unspecified atom stereocenters. The number of aromatic amines is 1. The van der Waals surface area contributed by atoms with Crippen LogP contribution < -0.4 is 0 Å². The summed E-state index contributed by atoms with van der Waals surface area (Å²) in [4.78, 5) is 22.7. The summed E-state index contributed by atoms with van der Waals surface area (Å²) < 4.78 is 5.28. The van der Waals surface area contributed by atoms with Crippen molar-refractivity contribution in [3.8, 4) is 0 Å². The number of rotatable bonds is 1. The number of H-pyrrole nitrogens is 1. The van der Waals surface area contributed by atoms with Crippen LogP contribution in [0.3, 0.4) is 0 Å². The molecule has 0 bridgehead atoms. The number of pyridine rings is 1. The fourth-order valence-corrected chi connectivity index (χ4v) is 1.81. The minimum atomic E-state index is -0.419. The Bertz CT molecular complexity index is 535. The molecule has 78 valence electrons. The van der Waals surface area contributed by atoms with Gasteiger partial charge in [0.1, 0.15) is 16.9 Å². The predicted octanol–water partition coefficient (Wildman–Crippen LogP) is 1.82. The Morgan fingerprint density at radius 3 is 3.00 bits per heavy atom. The number of carbonyl (C=O) groups is 1. The van der Waals surface area contributed by atoms with Crippen molar-refractivity contribution in [3.05, 3.63) is 22.1 Å². The topological polar surface area (TPSA) is 67.9 Å². The van der Waals surface area contributed by atoms with Crippen molar-refractivity contribution >= 4 is 33.1 Å². The zero-order valence-corrected chi connectivity index (χ0v) is 9.75. The second kappa shape index (κ2) is 3.62. The lowest BCUT2D eigenvalue weighted by Crippen LogP contribution is -2.04. The average Bonchev–Trinajstić information content (AvgIpc) is 2.57. The van der Waals surface area contributed by atoms with Gasteiger partial charge in [0.05, 0.1) is 11.6 Å². The van der Waals surface area contributed by atoms with Gasteiger partial charge in [-0.2, -0.15) is 0 Å². The molecule has 0 radical (unpaired) electrons. The Morgan fingerprint density at radius 2 is 2.33 bits per heavy atom. The molecule has 0 atom stereocenters. The Kier molecular flexibility index (Phi) is 2.44. The van der Waals surface area contributed by atoms with E-state index < -0.39 is 5.97 Å². The normalized spacial score (nSPS) is 10.6. The minimum Gasteiger partial charge on any atom is -0.465 e. The number of ether oxygens (including phenoxy) is 1. The van der Waals surface area contributed by atoms with Gasteiger partial charge < -0.3 is 9.72 Å². The van der Waals surface area contributed by atoms with Gasteiger partial charge in [0.25, 0.3) is 0 Å². The first-order valence-electron chi connectivity index (χ1n) is 4.22. The maximum Gasteiger partial charge on any atom is 0.341 e. The molecule has 6 heteroatoms. The number of hydrogen-bond donors (Lipinski definition) is 1. The van der Waals surface area contributed by atoms with E-state index in [4.69, 9.17) is 0 Å². The second-order valence-electron chi connectivity index (χ2n) is 2.99. The number of esters is 1. The maximum atomic E-state index is 11.5. The summed E-state index contributed by atoms with van der Waals surface area (Å²) in [5.74, 6) is 0.290. The summed E-state index contributed by atoms with van der Waals surface area (Å²) in [5.41, 5.74) is 1.52. The first-order chi connectivity index (χ1) is 7.13. The van der Waals surface area contributed by atoms with Gasteiger partial charge in [-0.3, -0.25) is 0 Å². The molecule has 15 heavy (non-hydrogen) atoms. The number of aryl methyl sites for hydroxylation is 1. The highest BCUT2D eigenvalue weighted by Crippen LogP contribution is 2.23. The van der Waals surface area contributed by atoms with Crippen molar-refractivity contribution in [1.29, 1.82) is 0 Å². The van der Waals surface area contributed by atoms with Crippen LogP contribution in [-0.2, 0) is 4.74 Å². The SMILES string of the molecule is COC(=O)c1c(Br)cnc2nc(C)[nH]c12. The van der Waals surface area contributed by atoms with Gasteiger partial charge in [-0.25, -0.2) is 14.8 Å². The lowest BCUT2D eigenvalue weighted by atomic mass is 10.2. The molecule has 0 aromatic carbocycles. The summed E-state index contributed by atoms with van der Waals surface area (Å²) >= 11 is 3.26. The number of halogens is 1. The van der Waals surface area contributed by atoms with Crippen LogP contribution in [0.1, 0.15) is 16.2 Å². The van der Waals surface area contributed by atoms with Gasteiger partial charge in [0.2, 0.25) is 0 Å². The average molecular weight is 270 g/mol. The summed E-state index contributed by atoms with van der Waals surface area (Å²) in [5, 5.41) is 0. The minimum absolute atomic E-state index is 0.419. The molecular weight excluding hydrogens is 262 g/mol. The number of aromatic nitrogens is 3. The molecular formula is C9H8BrN3O2. The van der Waals surface area contributed by atoms with E-state index in [1.807, 2.05) is 0 Å². The zero-order valence-electron chi connectivity index (χ0n) is 8.17. The Hall–Kier alpha value is -1.43. The van der Waals surface area contributed by atoms with E-state index in [9.17, 15) is 4.79 Å². The lowest BCUT2D eigenvalue weighted by molar-refractivity contribution is 0.0601. The van der Waals surface area contributed by atoms with Crippen molar-refractivity contribution in [2.24, 2.45) is 0 Å². The van der Waals surface area contributed by atoms with Crippen molar-refractivity contribution in [1.82, 2.24) is 15.0 Å². The lowest BCUT2D eigenvalue weighted by Gasteiger charge is -2.02. The number of nitrogens with zero attached hydrogens (tertiary/aromatic N) is 2. The Morgan fingerprint density at radius 1 is 1.60 bits per heavy atom. The molecule has 5 nitrogen and oxygen atoms in total. The molecule has 1 N–H and O–H groups in total. The van der Waals surface area contributed by atoms with E-state index in [0.29, 0.717) is 27.0 Å². The van der Waals surface area contributed by atoms with Gasteiger partial charge >= 0.3 is 5.97 Å². The van der Waals surface area contributed by atoms with E-state index in [1.165, 1.54) is 13.3 Å². The molecule has 0 saturated heterocycles. The third-order valence-corrected chi connectivity index (χ3v) is 2.58. The van der Waals surface area contributed by atoms with Crippen LogP contribution in [0.5, 0.6) is 0 Å². The van der Waals surface area contributed by atoms with Crippen LogP contribution in [0.4, 0.5) is 0 Å². The second-order valence-corrected chi connectivity index (χ2v) is 3.85. The van der Waals surface area contributed by atoms with Crippen LogP contribution in [0.15, 0.2) is 10.7 Å². The van der Waals surface area contributed by atoms with Crippen molar-refractivity contribution in [2.45, 2.75) is 6.92 Å². The summed E-state index contributed by atoms with van der Waals surface area (Å²) in [6.45, 7) is 1.80. The number of hydrogen-bond acceptors (Lipinski definition) is 4. The van der Waals surface area contributed by atoms with Gasteiger partial charge in [-0.1, -0.05) is 0 Å². The maximum absolute atomic E-state index is 11.5. The van der Waals surface area contributed by atoms with Gasteiger partial charge in [0.15, 0.2) is 5.65 Å². The van der Waals surface area contributed by atoms with E-state index in [0.717, 1.165) is 0 Å². The van der Waals surface area contributed by atoms with Gasteiger partial charge in [-0.05, 0) is 22.9 Å². The summed E-state index contributed by atoms with van der Waals surface area (Å²) in [6.07, 6.45) is 1.54. The third-order valence-electron chi connectivity index (χ3n) is 1.98. The predicted molar refractivity (Wildman–Crippen MR) is 57.7 cm³/mol. The number of imidazole rings is 1. The number of fused-ring (bicyclic) bond motifs is 1. The fourth-order valence-electron chi connectivity index (χ4n) is 1.35. The molecule has 2 aromatic rings. The van der Waals surface area contributed by atoms with Crippen molar-refractivity contribution in [2.75, 3.05) is 7.11 Å². The summed E-state index contributed by atoms with van der Waals surface area (Å²) in [6, 6.07) is 0. The highest BCUT2D eigenvalue weighted by Gasteiger charge is 2.17. The smallest absolute Gasteiger partial charge is 0.341 e. The molecule has 0 aliphatic carbocycles. The molecule has 0 aliphatic heterocycles. The quantitative estimate of drug-likeness (QED) is 0.802. The number of nitrogens with one attached hydrogen (secondary N) is 1. The highest BCUT2D eigenvalue weighted by atomic mass is 79.9. The number of methoxy groups -OCH3 is 1. The first-order valence-corrected chi connectivity index (χ1v) is 5.02. The molecule has 0 saturated carbocycles. The van der Waals surface area contributed by atoms with E-state index in [2.05, 4.69) is 35.6 Å². The molecule has 0 spiro atoms. The van der Waals surface area contributed by atoms with E-state index in [-0.39, 0.29) is 0 Å². The van der Waals surface area contributed by atoms with Crippen LogP contribution in [0, 0.1) is 6.92 Å². The van der Waals surface area contributed by atoms with E-state index >= 15 is 0 Å². The third kappa shape index (κ3) is 1.61. The molecule has 2 heterocycles.